The average Bonchev–Trinajstić information content (AvgIpc) is 2.58. The lowest BCUT2D eigenvalue weighted by Gasteiger charge is -2.50. The lowest BCUT2D eigenvalue weighted by molar-refractivity contribution is -0.120. The van der Waals surface area contributed by atoms with Crippen molar-refractivity contribution in [1.29, 1.82) is 0 Å². The molecule has 0 saturated heterocycles. The van der Waals surface area contributed by atoms with E-state index in [0.717, 1.165) is 22.2 Å². The van der Waals surface area contributed by atoms with Crippen molar-refractivity contribution in [3.63, 3.8) is 0 Å². The summed E-state index contributed by atoms with van der Waals surface area (Å²) in [6.45, 7) is 5.46. The second kappa shape index (κ2) is 8.31. The summed E-state index contributed by atoms with van der Waals surface area (Å²) in [6, 6.07) is 5.52. The molecule has 6 nitrogen and oxygen atoms in total. The lowest BCUT2D eigenvalue weighted by Crippen LogP contribution is -2.56. The standard InChI is InChI=1S/C20H27BrN2O4/c1-3-4-16(23-12(2)24)18(26)11-22-17-10-20(8-14(25)9-20)27-19-6-5-13(21)7-15(17)19/h3,5-7,14,16-18,22,25-26H,1,4,8-11H2,2H3,(H,23,24)/t14-,16-,17-,18+,20+/m0/s1. The minimum atomic E-state index is -0.742. The first kappa shape index (κ1) is 20.3. The molecule has 7 heteroatoms. The zero-order valence-corrected chi connectivity index (χ0v) is 17.0. The van der Waals surface area contributed by atoms with E-state index >= 15 is 0 Å². The van der Waals surface area contributed by atoms with Crippen LogP contribution < -0.4 is 15.4 Å². The molecule has 148 valence electrons. The maximum atomic E-state index is 11.4. The van der Waals surface area contributed by atoms with Crippen LogP contribution in [0.4, 0.5) is 0 Å². The number of amides is 1. The van der Waals surface area contributed by atoms with Crippen LogP contribution in [-0.4, -0.2) is 46.5 Å². The van der Waals surface area contributed by atoms with Crippen LogP contribution in [0.25, 0.3) is 0 Å². The summed E-state index contributed by atoms with van der Waals surface area (Å²) in [5.41, 5.74) is 0.685. The largest absolute Gasteiger partial charge is 0.487 e. The fraction of sp³-hybridized carbons (Fsp3) is 0.550. The predicted molar refractivity (Wildman–Crippen MR) is 107 cm³/mol. The number of halogens is 1. The van der Waals surface area contributed by atoms with Gasteiger partial charge in [-0.1, -0.05) is 22.0 Å². The van der Waals surface area contributed by atoms with Gasteiger partial charge in [0.2, 0.25) is 5.91 Å². The number of benzene rings is 1. The van der Waals surface area contributed by atoms with Crippen molar-refractivity contribution in [2.24, 2.45) is 0 Å². The quantitative estimate of drug-likeness (QED) is 0.489. The Morgan fingerprint density at radius 3 is 2.85 bits per heavy atom. The molecule has 1 fully saturated rings. The molecular formula is C20H27BrN2O4. The fourth-order valence-corrected chi connectivity index (χ4v) is 4.41. The van der Waals surface area contributed by atoms with Gasteiger partial charge in [0.05, 0.1) is 18.2 Å². The van der Waals surface area contributed by atoms with Crippen molar-refractivity contribution in [3.8, 4) is 5.75 Å². The van der Waals surface area contributed by atoms with E-state index in [1.807, 2.05) is 18.2 Å². The van der Waals surface area contributed by atoms with Crippen LogP contribution in [-0.2, 0) is 4.79 Å². The highest BCUT2D eigenvalue weighted by Gasteiger charge is 2.50. The fourth-order valence-electron chi connectivity index (χ4n) is 4.03. The third-order valence-electron chi connectivity index (χ3n) is 5.31. The van der Waals surface area contributed by atoms with Gasteiger partial charge in [-0.3, -0.25) is 4.79 Å². The van der Waals surface area contributed by atoms with Crippen LogP contribution >= 0.6 is 15.9 Å². The molecule has 0 aromatic heterocycles. The van der Waals surface area contributed by atoms with Crippen molar-refractivity contribution in [2.75, 3.05) is 6.54 Å². The van der Waals surface area contributed by atoms with Crippen LogP contribution in [0, 0.1) is 0 Å². The molecule has 0 unspecified atom stereocenters. The van der Waals surface area contributed by atoms with Gasteiger partial charge in [-0.15, -0.1) is 6.58 Å². The predicted octanol–water partition coefficient (Wildman–Crippen LogP) is 2.20. The molecule has 1 amide bonds. The summed E-state index contributed by atoms with van der Waals surface area (Å²) in [5, 5.41) is 26.6. The summed E-state index contributed by atoms with van der Waals surface area (Å²) in [5.74, 6) is 0.636. The Balaban J connectivity index is 1.72. The summed E-state index contributed by atoms with van der Waals surface area (Å²) in [6.07, 6.45) is 3.09. The van der Waals surface area contributed by atoms with Crippen molar-refractivity contribution >= 4 is 21.8 Å². The van der Waals surface area contributed by atoms with E-state index in [2.05, 4.69) is 33.1 Å². The van der Waals surface area contributed by atoms with Crippen LogP contribution in [0.3, 0.4) is 0 Å². The first-order chi connectivity index (χ1) is 12.8. The monoisotopic (exact) mass is 438 g/mol. The van der Waals surface area contributed by atoms with Crippen LogP contribution in [0.5, 0.6) is 5.75 Å². The van der Waals surface area contributed by atoms with Crippen molar-refractivity contribution < 1.29 is 19.7 Å². The summed E-state index contributed by atoms with van der Waals surface area (Å²) >= 11 is 3.51. The molecule has 1 aliphatic carbocycles. The molecule has 3 atom stereocenters. The van der Waals surface area contributed by atoms with Crippen LogP contribution in [0.1, 0.15) is 44.2 Å². The molecule has 3 rings (SSSR count). The number of fused-ring (bicyclic) bond motifs is 1. The van der Waals surface area contributed by atoms with Gasteiger partial charge in [0.25, 0.3) is 0 Å². The zero-order chi connectivity index (χ0) is 19.6. The van der Waals surface area contributed by atoms with Crippen molar-refractivity contribution in [2.45, 2.75) is 62.5 Å². The number of carbonyl (C=O) groups is 1. The van der Waals surface area contributed by atoms with Crippen molar-refractivity contribution in [1.82, 2.24) is 10.6 Å². The number of hydrogen-bond acceptors (Lipinski definition) is 5. The normalized spacial score (nSPS) is 28.4. The highest BCUT2D eigenvalue weighted by molar-refractivity contribution is 9.10. The Bertz CT molecular complexity index is 705. The molecule has 1 saturated carbocycles. The Labute approximate surface area is 168 Å². The number of nitrogens with one attached hydrogen (secondary N) is 2. The van der Waals surface area contributed by atoms with Gasteiger partial charge in [0.15, 0.2) is 0 Å². The number of ether oxygens (including phenoxy) is 1. The van der Waals surface area contributed by atoms with Crippen LogP contribution in [0.2, 0.25) is 0 Å². The lowest BCUT2D eigenvalue weighted by atomic mass is 9.71. The Morgan fingerprint density at radius 2 is 2.22 bits per heavy atom. The molecule has 0 bridgehead atoms. The minimum Gasteiger partial charge on any atom is -0.487 e. The molecule has 27 heavy (non-hydrogen) atoms. The summed E-state index contributed by atoms with van der Waals surface area (Å²) in [7, 11) is 0. The molecule has 4 N–H and O–H groups in total. The number of carbonyl (C=O) groups excluding carboxylic acids is 1. The van der Waals surface area contributed by atoms with E-state index < -0.39 is 6.10 Å². The molecule has 1 heterocycles. The van der Waals surface area contributed by atoms with Crippen molar-refractivity contribution in [3.05, 3.63) is 40.9 Å². The van der Waals surface area contributed by atoms with Gasteiger partial charge in [-0.2, -0.15) is 0 Å². The Kier molecular flexibility index (Phi) is 6.25. The van der Waals surface area contributed by atoms with Gasteiger partial charge in [0.1, 0.15) is 11.4 Å². The molecule has 1 aliphatic heterocycles. The number of aliphatic hydroxyl groups excluding tert-OH is 2. The second-order valence-electron chi connectivity index (χ2n) is 7.59. The highest BCUT2D eigenvalue weighted by Crippen LogP contribution is 2.49. The van der Waals surface area contributed by atoms with Crippen LogP contribution in [0.15, 0.2) is 35.3 Å². The van der Waals surface area contributed by atoms with E-state index in [9.17, 15) is 15.0 Å². The second-order valence-corrected chi connectivity index (χ2v) is 8.51. The summed E-state index contributed by atoms with van der Waals surface area (Å²) in [4.78, 5) is 11.4. The number of aliphatic hydroxyl groups is 2. The molecule has 0 radical (unpaired) electrons. The van der Waals surface area contributed by atoms with Gasteiger partial charge >= 0.3 is 0 Å². The highest BCUT2D eigenvalue weighted by atomic mass is 79.9. The van der Waals surface area contributed by atoms with E-state index in [1.165, 1.54) is 6.92 Å². The molecule has 1 spiro atoms. The minimum absolute atomic E-state index is 0.00453. The summed E-state index contributed by atoms with van der Waals surface area (Å²) < 4.78 is 7.17. The number of rotatable bonds is 7. The third-order valence-corrected chi connectivity index (χ3v) is 5.81. The molecule has 1 aromatic carbocycles. The van der Waals surface area contributed by atoms with E-state index in [0.29, 0.717) is 25.8 Å². The topological polar surface area (TPSA) is 90.8 Å². The Hall–Kier alpha value is -1.41. The zero-order valence-electron chi connectivity index (χ0n) is 15.5. The Morgan fingerprint density at radius 1 is 1.48 bits per heavy atom. The van der Waals surface area contributed by atoms with Gasteiger partial charge in [-0.25, -0.2) is 0 Å². The molecular weight excluding hydrogens is 412 g/mol. The molecule has 2 aliphatic rings. The first-order valence-electron chi connectivity index (χ1n) is 9.28. The maximum Gasteiger partial charge on any atom is 0.217 e. The molecule has 1 aromatic rings. The van der Waals surface area contributed by atoms with Gasteiger partial charge < -0.3 is 25.6 Å². The SMILES string of the molecule is C=CC[C@H](NC(C)=O)[C@H](O)CN[C@H]1C[C@]2(C[C@H](O)C2)Oc2ccc(Br)cc21. The maximum absolute atomic E-state index is 11.4. The van der Waals surface area contributed by atoms with E-state index in [-0.39, 0.29) is 29.7 Å². The third kappa shape index (κ3) is 4.71. The smallest absolute Gasteiger partial charge is 0.217 e. The average molecular weight is 439 g/mol. The number of hydrogen-bond donors (Lipinski definition) is 4. The van der Waals surface area contributed by atoms with E-state index in [1.54, 1.807) is 6.08 Å². The van der Waals surface area contributed by atoms with Gasteiger partial charge in [-0.05, 0) is 24.6 Å². The van der Waals surface area contributed by atoms with E-state index in [4.69, 9.17) is 4.74 Å². The van der Waals surface area contributed by atoms with Gasteiger partial charge in [0, 0.05) is 48.8 Å². The first-order valence-corrected chi connectivity index (χ1v) is 10.1.